The zero-order valence-corrected chi connectivity index (χ0v) is 7.55. The Morgan fingerprint density at radius 1 is 1.57 bits per heavy atom. The van der Waals surface area contributed by atoms with E-state index in [1.54, 1.807) is 14.1 Å². The average molecular weight is 233 g/mol. The van der Waals surface area contributed by atoms with Gasteiger partial charge < -0.3 is 4.84 Å². The van der Waals surface area contributed by atoms with Gasteiger partial charge in [0.2, 0.25) is 0 Å². The molecule has 4 heteroatoms. The predicted molar refractivity (Wildman–Crippen MR) is 20.8 cm³/mol. The average Bonchev–Trinajstić information content (AvgIpc) is 1.35. The molecule has 0 saturated heterocycles. The Morgan fingerprint density at radius 2 is 2.00 bits per heavy atom. The van der Waals surface area contributed by atoms with Gasteiger partial charge in [0.05, 0.1) is 0 Å². The molecule has 0 aromatic carbocycles. The molecule has 0 spiro atoms. The minimum atomic E-state index is 0. The van der Waals surface area contributed by atoms with Gasteiger partial charge in [0, 0.05) is 54.9 Å². The fourth-order valence-electron chi connectivity index (χ4n) is 0.0861. The minimum absolute atomic E-state index is 0. The maximum atomic E-state index is 9.35. The van der Waals surface area contributed by atoms with Crippen LogP contribution in [0.1, 0.15) is 0 Å². The van der Waals surface area contributed by atoms with Gasteiger partial charge in [-0.15, -0.1) is 5.06 Å². The molecular formula is C3H7NNdO2. The topological polar surface area (TPSA) is 29.5 Å². The third-order valence-corrected chi connectivity index (χ3v) is 0.254. The van der Waals surface area contributed by atoms with E-state index >= 15 is 0 Å². The van der Waals surface area contributed by atoms with Gasteiger partial charge in [-0.05, 0) is 0 Å². The Morgan fingerprint density at radius 3 is 2.00 bits per heavy atom. The summed E-state index contributed by atoms with van der Waals surface area (Å²) in [6.45, 7) is 0.375. The Bertz CT molecular complexity index is 48.2. The number of nitrogens with zero attached hydrogens (tertiary/aromatic N) is 1. The van der Waals surface area contributed by atoms with Gasteiger partial charge in [-0.2, -0.15) is 0 Å². The third-order valence-electron chi connectivity index (χ3n) is 0.254. The van der Waals surface area contributed by atoms with Crippen molar-refractivity contribution in [2.24, 2.45) is 0 Å². The molecule has 7 heavy (non-hydrogen) atoms. The third kappa shape index (κ3) is 10.8. The molecular weight excluding hydrogens is 226 g/mol. The van der Waals surface area contributed by atoms with E-state index in [0.717, 1.165) is 0 Å². The van der Waals surface area contributed by atoms with Crippen molar-refractivity contribution < 1.29 is 50.5 Å². The first-order chi connectivity index (χ1) is 2.77. The van der Waals surface area contributed by atoms with Crippen molar-refractivity contribution in [1.82, 2.24) is 5.06 Å². The molecule has 0 heterocycles. The van der Waals surface area contributed by atoms with Crippen LogP contribution in [0.15, 0.2) is 0 Å². The second-order valence-corrected chi connectivity index (χ2v) is 1.01. The summed E-state index contributed by atoms with van der Waals surface area (Å²) in [5, 5.41) is 1.31. The van der Waals surface area contributed by atoms with Crippen LogP contribution in [-0.2, 0) is 9.63 Å². The maximum absolute atomic E-state index is 9.35. The molecule has 0 aliphatic rings. The molecule has 0 aliphatic carbocycles. The van der Waals surface area contributed by atoms with Crippen LogP contribution in [0.4, 0.5) is 0 Å². The van der Waals surface area contributed by atoms with Crippen LogP contribution in [0.5, 0.6) is 0 Å². The molecule has 0 N–H and O–H groups in total. The zero-order chi connectivity index (χ0) is 4.99. The summed E-state index contributed by atoms with van der Waals surface area (Å²) in [4.78, 5) is 13.5. The van der Waals surface area contributed by atoms with Crippen LogP contribution in [0, 0.1) is 40.8 Å². The Balaban J connectivity index is 0. The summed E-state index contributed by atoms with van der Waals surface area (Å²) < 4.78 is 0. The molecule has 0 radical (unpaired) electrons. The number of hydrogen-bond donors (Lipinski definition) is 0. The Hall–Kier alpha value is 0.781. The van der Waals surface area contributed by atoms with E-state index in [4.69, 9.17) is 0 Å². The molecule has 0 fully saturated rings. The van der Waals surface area contributed by atoms with Gasteiger partial charge in [-0.1, -0.05) is 0 Å². The van der Waals surface area contributed by atoms with E-state index in [9.17, 15) is 4.79 Å². The van der Waals surface area contributed by atoms with E-state index in [2.05, 4.69) is 4.84 Å². The van der Waals surface area contributed by atoms with Crippen LogP contribution in [-0.4, -0.2) is 25.6 Å². The van der Waals surface area contributed by atoms with Crippen LogP contribution in [0.2, 0.25) is 0 Å². The smallest absolute Gasteiger partial charge is 0.312 e. The van der Waals surface area contributed by atoms with Crippen molar-refractivity contribution >= 4 is 6.47 Å². The molecule has 0 atom stereocenters. The monoisotopic (exact) mass is 231 g/mol. The van der Waals surface area contributed by atoms with E-state index in [1.165, 1.54) is 5.06 Å². The van der Waals surface area contributed by atoms with Crippen LogP contribution >= 0.6 is 0 Å². The predicted octanol–water partition coefficient (Wildman–Crippen LogP) is -0.364. The van der Waals surface area contributed by atoms with E-state index in [-0.39, 0.29) is 40.8 Å². The summed E-state index contributed by atoms with van der Waals surface area (Å²) in [5.74, 6) is 0. The molecule has 0 rings (SSSR count). The molecule has 0 aromatic heterocycles. The van der Waals surface area contributed by atoms with Crippen molar-refractivity contribution in [3.63, 3.8) is 0 Å². The summed E-state index contributed by atoms with van der Waals surface area (Å²) >= 11 is 0. The number of hydrogen-bond acceptors (Lipinski definition) is 3. The van der Waals surface area contributed by atoms with Crippen molar-refractivity contribution in [2.75, 3.05) is 14.1 Å². The van der Waals surface area contributed by atoms with Gasteiger partial charge in [0.15, 0.2) is 0 Å². The fourth-order valence-corrected chi connectivity index (χ4v) is 0.0861. The largest absolute Gasteiger partial charge is 0.371 e. The first-order valence-electron chi connectivity index (χ1n) is 1.55. The van der Waals surface area contributed by atoms with E-state index in [1.807, 2.05) is 0 Å². The summed E-state index contributed by atoms with van der Waals surface area (Å²) in [6.07, 6.45) is 0. The van der Waals surface area contributed by atoms with Gasteiger partial charge in [-0.25, -0.2) is 0 Å². The SMILES string of the molecule is CN(C)OC=O.[Nd]. The van der Waals surface area contributed by atoms with Gasteiger partial charge in [0.1, 0.15) is 0 Å². The standard InChI is InChI=1S/C3H7NO2.Nd/c1-4(2)6-3-5;/h3H,1-2H3;. The second-order valence-electron chi connectivity index (χ2n) is 1.01. The molecule has 0 unspecified atom stereocenters. The van der Waals surface area contributed by atoms with Crippen molar-refractivity contribution in [2.45, 2.75) is 0 Å². The molecule has 0 aromatic rings. The molecule has 0 aliphatic heterocycles. The second kappa shape index (κ2) is 6.78. The molecule has 3 nitrogen and oxygen atoms in total. The normalized spacial score (nSPS) is 7.29. The fraction of sp³-hybridized carbons (Fsp3) is 0.667. The quantitative estimate of drug-likeness (QED) is 0.482. The van der Waals surface area contributed by atoms with Crippen LogP contribution in [0.25, 0.3) is 0 Å². The Labute approximate surface area is 75.5 Å². The van der Waals surface area contributed by atoms with Gasteiger partial charge >= 0.3 is 6.47 Å². The molecule has 0 amide bonds. The number of rotatable bonds is 2. The zero-order valence-electron chi connectivity index (χ0n) is 4.34. The molecule has 0 saturated carbocycles. The van der Waals surface area contributed by atoms with E-state index < -0.39 is 0 Å². The first-order valence-corrected chi connectivity index (χ1v) is 1.55. The summed E-state index contributed by atoms with van der Waals surface area (Å²) in [5.41, 5.74) is 0. The van der Waals surface area contributed by atoms with Crippen molar-refractivity contribution in [1.29, 1.82) is 0 Å². The van der Waals surface area contributed by atoms with Crippen molar-refractivity contribution in [3.05, 3.63) is 0 Å². The summed E-state index contributed by atoms with van der Waals surface area (Å²) in [7, 11) is 3.27. The number of carbonyl (C=O) groups is 1. The number of carbonyl (C=O) groups excluding carboxylic acids is 1. The van der Waals surface area contributed by atoms with Gasteiger partial charge in [-0.3, -0.25) is 4.79 Å². The van der Waals surface area contributed by atoms with Gasteiger partial charge in [0.25, 0.3) is 0 Å². The Kier molecular flexibility index (Phi) is 10.4. The van der Waals surface area contributed by atoms with Crippen molar-refractivity contribution in [3.8, 4) is 0 Å². The number of hydroxylamine groups is 2. The summed E-state index contributed by atoms with van der Waals surface area (Å²) in [6, 6.07) is 0. The van der Waals surface area contributed by atoms with E-state index in [0.29, 0.717) is 6.47 Å². The molecule has 0 bridgehead atoms. The van der Waals surface area contributed by atoms with Crippen LogP contribution < -0.4 is 0 Å². The molecule has 40 valence electrons. The maximum Gasteiger partial charge on any atom is 0.312 e. The van der Waals surface area contributed by atoms with Crippen LogP contribution in [0.3, 0.4) is 0 Å². The first kappa shape index (κ1) is 10.7. The minimum Gasteiger partial charge on any atom is -0.371 e.